The van der Waals surface area contributed by atoms with Crippen molar-refractivity contribution < 1.29 is 4.79 Å². The lowest BCUT2D eigenvalue weighted by Crippen LogP contribution is -2.31. The van der Waals surface area contributed by atoms with E-state index in [2.05, 4.69) is 15.3 Å². The molecule has 3 heterocycles. The van der Waals surface area contributed by atoms with Gasteiger partial charge in [0.15, 0.2) is 0 Å². The Kier molecular flexibility index (Phi) is 3.18. The summed E-state index contributed by atoms with van der Waals surface area (Å²) in [7, 11) is 1.96. The van der Waals surface area contributed by atoms with Crippen LogP contribution in [0.4, 0.5) is 0 Å². The molecule has 0 radical (unpaired) electrons. The number of fused-ring (bicyclic) bond motifs is 1. The van der Waals surface area contributed by atoms with E-state index in [0.29, 0.717) is 11.6 Å². The predicted molar refractivity (Wildman–Crippen MR) is 86.1 cm³/mol. The van der Waals surface area contributed by atoms with E-state index >= 15 is 0 Å². The first-order chi connectivity index (χ1) is 11.1. The Hall–Kier alpha value is -2.63. The van der Waals surface area contributed by atoms with Gasteiger partial charge in [-0.1, -0.05) is 6.07 Å². The Balaban J connectivity index is 1.61. The second kappa shape index (κ2) is 5.22. The minimum Gasteiger partial charge on any atom is -0.340 e. The lowest BCUT2D eigenvalue weighted by Gasteiger charge is -2.17. The standard InChI is InChI=1S/C17H19N5O/c1-11-3-6-14-19-13(10-22(14)9-11)17(23)20-15(12-4-5-12)16-18-7-8-21(16)2/h3,6-10,12,15H,4-5H2,1-2H3,(H,20,23)/t15-/m0/s1. The number of hydrogen-bond donors (Lipinski definition) is 1. The number of amides is 1. The molecule has 0 spiro atoms. The van der Waals surface area contributed by atoms with E-state index in [1.165, 1.54) is 0 Å². The normalized spacial score (nSPS) is 15.7. The van der Waals surface area contributed by atoms with Crippen LogP contribution in [0.5, 0.6) is 0 Å². The molecule has 1 saturated carbocycles. The molecular weight excluding hydrogens is 290 g/mol. The number of rotatable bonds is 4. The molecule has 1 aliphatic rings. The highest BCUT2D eigenvalue weighted by Crippen LogP contribution is 2.40. The van der Waals surface area contributed by atoms with E-state index in [0.717, 1.165) is 29.9 Å². The molecule has 23 heavy (non-hydrogen) atoms. The Labute approximate surface area is 134 Å². The van der Waals surface area contributed by atoms with Gasteiger partial charge < -0.3 is 14.3 Å². The van der Waals surface area contributed by atoms with Gasteiger partial charge in [0, 0.05) is 31.8 Å². The first kappa shape index (κ1) is 14.0. The fraction of sp³-hybridized carbons (Fsp3) is 0.353. The van der Waals surface area contributed by atoms with Crippen molar-refractivity contribution in [3.63, 3.8) is 0 Å². The number of carbonyl (C=O) groups is 1. The number of aromatic nitrogens is 4. The number of imidazole rings is 2. The second-order valence-corrected chi connectivity index (χ2v) is 6.28. The average Bonchev–Trinajstić information content (AvgIpc) is 3.14. The summed E-state index contributed by atoms with van der Waals surface area (Å²) in [6.07, 6.45) is 9.68. The maximum Gasteiger partial charge on any atom is 0.272 e. The zero-order valence-electron chi connectivity index (χ0n) is 13.2. The summed E-state index contributed by atoms with van der Waals surface area (Å²) in [6.45, 7) is 2.02. The molecule has 1 fully saturated rings. The third-order valence-electron chi connectivity index (χ3n) is 4.35. The Morgan fingerprint density at radius 2 is 2.17 bits per heavy atom. The molecule has 0 saturated heterocycles. The van der Waals surface area contributed by atoms with Crippen LogP contribution in [-0.2, 0) is 7.05 Å². The van der Waals surface area contributed by atoms with E-state index in [9.17, 15) is 4.79 Å². The summed E-state index contributed by atoms with van der Waals surface area (Å²) in [5, 5.41) is 3.12. The van der Waals surface area contributed by atoms with Crippen LogP contribution in [0.3, 0.4) is 0 Å². The maximum atomic E-state index is 12.6. The molecule has 1 N–H and O–H groups in total. The topological polar surface area (TPSA) is 64.2 Å². The maximum absolute atomic E-state index is 12.6. The van der Waals surface area contributed by atoms with Gasteiger partial charge in [0.1, 0.15) is 17.2 Å². The minimum absolute atomic E-state index is 0.0472. The van der Waals surface area contributed by atoms with Crippen LogP contribution in [0.25, 0.3) is 5.65 Å². The van der Waals surface area contributed by atoms with E-state index in [4.69, 9.17) is 0 Å². The van der Waals surface area contributed by atoms with E-state index in [1.807, 2.05) is 47.5 Å². The van der Waals surface area contributed by atoms with Crippen LogP contribution < -0.4 is 5.32 Å². The molecule has 1 amide bonds. The lowest BCUT2D eigenvalue weighted by molar-refractivity contribution is 0.0924. The summed E-state index contributed by atoms with van der Waals surface area (Å²) in [5.74, 6) is 1.23. The molecule has 6 nitrogen and oxygen atoms in total. The van der Waals surface area contributed by atoms with Crippen molar-refractivity contribution in [1.82, 2.24) is 24.3 Å². The molecule has 0 aromatic carbocycles. The number of hydrogen-bond acceptors (Lipinski definition) is 3. The smallest absolute Gasteiger partial charge is 0.272 e. The van der Waals surface area contributed by atoms with Crippen LogP contribution in [0, 0.1) is 12.8 Å². The van der Waals surface area contributed by atoms with Crippen LogP contribution >= 0.6 is 0 Å². The Morgan fingerprint density at radius 1 is 1.35 bits per heavy atom. The van der Waals surface area contributed by atoms with Crippen LogP contribution in [0.1, 0.15) is 40.8 Å². The highest BCUT2D eigenvalue weighted by molar-refractivity contribution is 5.93. The van der Waals surface area contributed by atoms with Crippen LogP contribution in [-0.4, -0.2) is 24.8 Å². The number of pyridine rings is 1. The van der Waals surface area contributed by atoms with E-state index < -0.39 is 0 Å². The Bertz CT molecular complexity index is 874. The van der Waals surface area contributed by atoms with Crippen molar-refractivity contribution in [1.29, 1.82) is 0 Å². The minimum atomic E-state index is -0.147. The van der Waals surface area contributed by atoms with Crippen LogP contribution in [0.2, 0.25) is 0 Å². The number of aryl methyl sites for hydroxylation is 2. The van der Waals surface area contributed by atoms with Crippen molar-refractivity contribution in [3.8, 4) is 0 Å². The fourth-order valence-corrected chi connectivity index (χ4v) is 2.93. The molecule has 1 atom stereocenters. The third kappa shape index (κ3) is 2.60. The molecule has 0 unspecified atom stereocenters. The summed E-state index contributed by atoms with van der Waals surface area (Å²) >= 11 is 0. The molecule has 0 aliphatic heterocycles. The second-order valence-electron chi connectivity index (χ2n) is 6.28. The van der Waals surface area contributed by atoms with Gasteiger partial charge in [0.2, 0.25) is 0 Å². The third-order valence-corrected chi connectivity index (χ3v) is 4.35. The molecule has 3 aromatic rings. The molecule has 4 rings (SSSR count). The van der Waals surface area contributed by atoms with Crippen molar-refractivity contribution in [2.75, 3.05) is 0 Å². The molecular formula is C17H19N5O. The Morgan fingerprint density at radius 3 is 2.87 bits per heavy atom. The van der Waals surface area contributed by atoms with Crippen molar-refractivity contribution in [3.05, 3.63) is 54.0 Å². The summed E-state index contributed by atoms with van der Waals surface area (Å²) in [5.41, 5.74) is 2.35. The highest BCUT2D eigenvalue weighted by atomic mass is 16.2. The summed E-state index contributed by atoms with van der Waals surface area (Å²) in [6, 6.07) is 3.86. The van der Waals surface area contributed by atoms with Crippen LogP contribution in [0.15, 0.2) is 36.9 Å². The van der Waals surface area contributed by atoms with Crippen molar-refractivity contribution in [2.45, 2.75) is 25.8 Å². The van der Waals surface area contributed by atoms with Crippen molar-refractivity contribution in [2.24, 2.45) is 13.0 Å². The van der Waals surface area contributed by atoms with Gasteiger partial charge in [-0.05, 0) is 37.3 Å². The number of carbonyl (C=O) groups excluding carboxylic acids is 1. The predicted octanol–water partition coefficient (Wildman–Crippen LogP) is 2.26. The quantitative estimate of drug-likeness (QED) is 0.804. The van der Waals surface area contributed by atoms with Gasteiger partial charge in [-0.25, -0.2) is 9.97 Å². The fourth-order valence-electron chi connectivity index (χ4n) is 2.93. The zero-order chi connectivity index (χ0) is 16.0. The SMILES string of the molecule is Cc1ccc2nc(C(=O)N[C@H](c3nccn3C)C3CC3)cn2c1. The van der Waals surface area contributed by atoms with Crippen molar-refractivity contribution >= 4 is 11.6 Å². The average molecular weight is 309 g/mol. The molecule has 6 heteroatoms. The first-order valence-electron chi connectivity index (χ1n) is 7.85. The molecule has 118 valence electrons. The van der Waals surface area contributed by atoms with Gasteiger partial charge in [-0.2, -0.15) is 0 Å². The van der Waals surface area contributed by atoms with E-state index in [-0.39, 0.29) is 11.9 Å². The number of nitrogens with zero attached hydrogens (tertiary/aromatic N) is 4. The largest absolute Gasteiger partial charge is 0.340 e. The summed E-state index contributed by atoms with van der Waals surface area (Å²) in [4.78, 5) is 21.4. The van der Waals surface area contributed by atoms with Gasteiger partial charge >= 0.3 is 0 Å². The first-order valence-corrected chi connectivity index (χ1v) is 7.85. The summed E-state index contributed by atoms with van der Waals surface area (Å²) < 4.78 is 3.85. The highest BCUT2D eigenvalue weighted by Gasteiger charge is 2.36. The van der Waals surface area contributed by atoms with Gasteiger partial charge in [-0.15, -0.1) is 0 Å². The zero-order valence-corrected chi connectivity index (χ0v) is 13.2. The van der Waals surface area contributed by atoms with Gasteiger partial charge in [-0.3, -0.25) is 4.79 Å². The lowest BCUT2D eigenvalue weighted by atomic mass is 10.1. The van der Waals surface area contributed by atoms with Gasteiger partial charge in [0.05, 0.1) is 6.04 Å². The van der Waals surface area contributed by atoms with E-state index in [1.54, 1.807) is 12.4 Å². The molecule has 0 bridgehead atoms. The molecule has 1 aliphatic carbocycles. The van der Waals surface area contributed by atoms with Gasteiger partial charge in [0.25, 0.3) is 5.91 Å². The molecule has 3 aromatic heterocycles. The monoisotopic (exact) mass is 309 g/mol. The number of nitrogens with one attached hydrogen (secondary N) is 1.